The van der Waals surface area contributed by atoms with Gasteiger partial charge in [0.15, 0.2) is 9.84 Å². The first-order valence-corrected chi connectivity index (χ1v) is 9.29. The van der Waals surface area contributed by atoms with E-state index in [0.717, 1.165) is 30.8 Å². The van der Waals surface area contributed by atoms with E-state index in [9.17, 15) is 8.42 Å². The van der Waals surface area contributed by atoms with Crippen LogP contribution >= 0.6 is 11.3 Å². The van der Waals surface area contributed by atoms with Crippen molar-refractivity contribution in [3.05, 3.63) is 10.0 Å². The van der Waals surface area contributed by atoms with Crippen LogP contribution in [0.25, 0.3) is 0 Å². The highest BCUT2D eigenvalue weighted by atomic mass is 32.2. The molecule has 1 N–H and O–H groups in total. The average Bonchev–Trinajstić information content (AvgIpc) is 2.76. The maximum Gasteiger partial charge on any atom is 0.159 e. The Morgan fingerprint density at radius 3 is 2.84 bits per heavy atom. The van der Waals surface area contributed by atoms with Crippen LogP contribution in [0, 0.1) is 0 Å². The van der Waals surface area contributed by atoms with Gasteiger partial charge in [0.25, 0.3) is 0 Å². The summed E-state index contributed by atoms with van der Waals surface area (Å²) in [7, 11) is -3.00. The average molecular weight is 303 g/mol. The molecule has 0 bridgehead atoms. The summed E-state index contributed by atoms with van der Waals surface area (Å²) in [5.41, 5.74) is 0. The van der Waals surface area contributed by atoms with E-state index in [1.165, 1.54) is 11.3 Å². The fraction of sp³-hybridized carbons (Fsp3) is 0.833. The lowest BCUT2D eigenvalue weighted by Crippen LogP contribution is -2.24. The van der Waals surface area contributed by atoms with E-state index < -0.39 is 15.1 Å². The third-order valence-corrected chi connectivity index (χ3v) is 6.66. The lowest BCUT2D eigenvalue weighted by molar-refractivity contribution is 0.544. The molecule has 7 heteroatoms. The molecule has 2 rings (SSSR count). The third-order valence-electron chi connectivity index (χ3n) is 3.23. The SMILES string of the molecule is CC(C)NCCc1nnc(C2CCCCS2(=O)=O)s1. The van der Waals surface area contributed by atoms with Crippen LogP contribution < -0.4 is 5.32 Å². The summed E-state index contributed by atoms with van der Waals surface area (Å²) >= 11 is 1.45. The quantitative estimate of drug-likeness (QED) is 0.896. The summed E-state index contributed by atoms with van der Waals surface area (Å²) in [6.07, 6.45) is 3.25. The van der Waals surface area contributed by atoms with Gasteiger partial charge in [0.05, 0.1) is 5.75 Å². The van der Waals surface area contributed by atoms with Gasteiger partial charge in [-0.05, 0) is 12.8 Å². The molecule has 1 aromatic rings. The summed E-state index contributed by atoms with van der Waals surface area (Å²) in [6.45, 7) is 5.05. The number of sulfone groups is 1. The van der Waals surface area contributed by atoms with Crippen LogP contribution in [-0.4, -0.2) is 37.0 Å². The van der Waals surface area contributed by atoms with Gasteiger partial charge in [0.2, 0.25) is 0 Å². The van der Waals surface area contributed by atoms with E-state index in [1.54, 1.807) is 0 Å². The van der Waals surface area contributed by atoms with Crippen molar-refractivity contribution >= 4 is 21.2 Å². The fourth-order valence-corrected chi connectivity index (χ4v) is 5.41. The molecular weight excluding hydrogens is 282 g/mol. The highest BCUT2D eigenvalue weighted by Crippen LogP contribution is 2.34. The van der Waals surface area contributed by atoms with Crippen LogP contribution in [0.2, 0.25) is 0 Å². The lowest BCUT2D eigenvalue weighted by Gasteiger charge is -2.19. The molecular formula is C12H21N3O2S2. The number of nitrogens with one attached hydrogen (secondary N) is 1. The molecule has 1 aliphatic heterocycles. The van der Waals surface area contributed by atoms with Gasteiger partial charge in [-0.1, -0.05) is 20.3 Å². The maximum absolute atomic E-state index is 12.0. The summed E-state index contributed by atoms with van der Waals surface area (Å²) in [5, 5.41) is 12.7. The minimum Gasteiger partial charge on any atom is -0.314 e. The van der Waals surface area contributed by atoms with Crippen LogP contribution in [0.4, 0.5) is 0 Å². The highest BCUT2D eigenvalue weighted by molar-refractivity contribution is 7.91. The molecule has 0 aliphatic carbocycles. The van der Waals surface area contributed by atoms with Gasteiger partial charge in [0.1, 0.15) is 15.3 Å². The van der Waals surface area contributed by atoms with Crippen LogP contribution in [-0.2, 0) is 16.3 Å². The second-order valence-corrected chi connectivity index (χ2v) is 8.64. The molecule has 0 saturated carbocycles. The zero-order valence-electron chi connectivity index (χ0n) is 11.4. The van der Waals surface area contributed by atoms with Crippen LogP contribution in [0.1, 0.15) is 48.4 Å². The molecule has 19 heavy (non-hydrogen) atoms. The molecule has 0 amide bonds. The van der Waals surface area contributed by atoms with Crippen molar-refractivity contribution in [2.75, 3.05) is 12.3 Å². The zero-order valence-corrected chi connectivity index (χ0v) is 13.1. The first-order valence-electron chi connectivity index (χ1n) is 6.76. The Morgan fingerprint density at radius 1 is 1.37 bits per heavy atom. The minimum atomic E-state index is -3.00. The van der Waals surface area contributed by atoms with Gasteiger partial charge in [-0.2, -0.15) is 0 Å². The van der Waals surface area contributed by atoms with Crippen molar-refractivity contribution in [3.63, 3.8) is 0 Å². The van der Waals surface area contributed by atoms with Gasteiger partial charge in [-0.25, -0.2) is 8.42 Å². The molecule has 1 aromatic heterocycles. The normalized spacial score (nSPS) is 22.8. The molecule has 0 radical (unpaired) electrons. The Labute approximate surface area is 118 Å². The van der Waals surface area contributed by atoms with Crippen molar-refractivity contribution in [1.82, 2.24) is 15.5 Å². The lowest BCUT2D eigenvalue weighted by atomic mass is 10.2. The number of hydrogen-bond acceptors (Lipinski definition) is 6. The van der Waals surface area contributed by atoms with Crippen LogP contribution in [0.5, 0.6) is 0 Å². The maximum atomic E-state index is 12.0. The standard InChI is InChI=1S/C12H21N3O2S2/c1-9(2)13-7-6-11-14-15-12(18-11)10-5-3-4-8-19(10,16)17/h9-10,13H,3-8H2,1-2H3. The van der Waals surface area contributed by atoms with Crippen molar-refractivity contribution in [2.45, 2.75) is 50.8 Å². The van der Waals surface area contributed by atoms with Crippen LogP contribution in [0.15, 0.2) is 0 Å². The van der Waals surface area contributed by atoms with E-state index in [1.807, 2.05) is 0 Å². The molecule has 1 atom stereocenters. The predicted octanol–water partition coefficient (Wildman–Crippen LogP) is 1.72. The minimum absolute atomic E-state index is 0.293. The first kappa shape index (κ1) is 14.9. The number of rotatable bonds is 5. The monoisotopic (exact) mass is 303 g/mol. The van der Waals surface area contributed by atoms with Crippen molar-refractivity contribution in [3.8, 4) is 0 Å². The Bertz CT molecular complexity index is 511. The van der Waals surface area contributed by atoms with E-state index >= 15 is 0 Å². The van der Waals surface area contributed by atoms with Gasteiger partial charge in [-0.3, -0.25) is 0 Å². The van der Waals surface area contributed by atoms with Gasteiger partial charge in [0, 0.05) is 19.0 Å². The topological polar surface area (TPSA) is 72.0 Å². The molecule has 0 aromatic carbocycles. The van der Waals surface area contributed by atoms with Gasteiger partial charge >= 0.3 is 0 Å². The summed E-state index contributed by atoms with van der Waals surface area (Å²) in [5.74, 6) is 0.293. The molecule has 1 aliphatic rings. The molecule has 108 valence electrons. The van der Waals surface area contributed by atoms with Crippen molar-refractivity contribution < 1.29 is 8.42 Å². The highest BCUT2D eigenvalue weighted by Gasteiger charge is 2.32. The number of nitrogens with zero attached hydrogens (tertiary/aromatic N) is 2. The first-order chi connectivity index (χ1) is 8.99. The van der Waals surface area contributed by atoms with Gasteiger partial charge in [-0.15, -0.1) is 21.5 Å². The summed E-state index contributed by atoms with van der Waals surface area (Å²) in [6, 6.07) is 0.450. The molecule has 5 nitrogen and oxygen atoms in total. The van der Waals surface area contributed by atoms with Crippen molar-refractivity contribution in [1.29, 1.82) is 0 Å². The Kier molecular flexibility index (Phi) is 4.92. The Balaban J connectivity index is 2.00. The molecule has 1 saturated heterocycles. The largest absolute Gasteiger partial charge is 0.314 e. The van der Waals surface area contributed by atoms with E-state index in [-0.39, 0.29) is 0 Å². The van der Waals surface area contributed by atoms with E-state index in [4.69, 9.17) is 0 Å². The molecule has 1 unspecified atom stereocenters. The number of hydrogen-bond donors (Lipinski definition) is 1. The smallest absolute Gasteiger partial charge is 0.159 e. The summed E-state index contributed by atoms with van der Waals surface area (Å²) < 4.78 is 24.0. The van der Waals surface area contributed by atoms with Crippen LogP contribution in [0.3, 0.4) is 0 Å². The molecule has 0 spiro atoms. The zero-order chi connectivity index (χ0) is 13.9. The second kappa shape index (κ2) is 6.28. The fourth-order valence-electron chi connectivity index (χ4n) is 2.20. The number of aromatic nitrogens is 2. The summed E-state index contributed by atoms with van der Waals surface area (Å²) in [4.78, 5) is 0. The van der Waals surface area contributed by atoms with Crippen molar-refractivity contribution in [2.24, 2.45) is 0 Å². The second-order valence-electron chi connectivity index (χ2n) is 5.24. The molecule has 1 fully saturated rings. The van der Waals surface area contributed by atoms with Gasteiger partial charge < -0.3 is 5.32 Å². The Hall–Kier alpha value is -0.530. The van der Waals surface area contributed by atoms with E-state index in [0.29, 0.717) is 23.2 Å². The van der Waals surface area contributed by atoms with E-state index in [2.05, 4.69) is 29.4 Å². The third kappa shape index (κ3) is 3.97. The Morgan fingerprint density at radius 2 is 2.16 bits per heavy atom. The molecule has 2 heterocycles. The predicted molar refractivity (Wildman–Crippen MR) is 77.1 cm³/mol.